The van der Waals surface area contributed by atoms with Gasteiger partial charge in [-0.15, -0.1) is 0 Å². The van der Waals surface area contributed by atoms with Crippen LogP contribution in [0.15, 0.2) is 18.2 Å². The first-order chi connectivity index (χ1) is 9.53. The Morgan fingerprint density at radius 2 is 1.70 bits per heavy atom. The van der Waals surface area contributed by atoms with Crippen molar-refractivity contribution in [2.24, 2.45) is 0 Å². The average molecular weight is 280 g/mol. The summed E-state index contributed by atoms with van der Waals surface area (Å²) in [6.07, 6.45) is 2.67. The van der Waals surface area contributed by atoms with Crippen molar-refractivity contribution < 1.29 is 18.4 Å². The summed E-state index contributed by atoms with van der Waals surface area (Å²) in [7, 11) is 0. The Bertz CT molecular complexity index is 562. The van der Waals surface area contributed by atoms with E-state index in [0.29, 0.717) is 12.8 Å². The van der Waals surface area contributed by atoms with E-state index < -0.39 is 28.8 Å². The summed E-state index contributed by atoms with van der Waals surface area (Å²) in [5, 5.41) is 2.71. The summed E-state index contributed by atoms with van der Waals surface area (Å²) in [5.41, 5.74) is -1.41. The fraction of sp³-hybridized carbons (Fsp3) is 0.429. The smallest absolute Gasteiger partial charge is 0.253 e. The molecule has 1 saturated carbocycles. The molecule has 1 heterocycles. The number of anilines is 1. The Morgan fingerprint density at radius 3 is 2.30 bits per heavy atom. The van der Waals surface area contributed by atoms with E-state index in [2.05, 4.69) is 5.32 Å². The summed E-state index contributed by atoms with van der Waals surface area (Å²) in [5.74, 6) is -2.46. The van der Waals surface area contributed by atoms with Gasteiger partial charge in [-0.1, -0.05) is 18.9 Å². The standard InChI is InChI=1S/C14H14F2N2O2/c15-9-4-3-5-10(16)12(9)18-8-11(19)17-14(13(18)20)6-1-2-7-14/h3-5H,1-2,6-8H2,(H,17,19). The number of carbonyl (C=O) groups excluding carboxylic acids is 2. The average Bonchev–Trinajstić information content (AvgIpc) is 2.84. The Hall–Kier alpha value is -1.98. The molecule has 1 saturated heterocycles. The summed E-state index contributed by atoms with van der Waals surface area (Å²) in [6, 6.07) is 3.40. The van der Waals surface area contributed by atoms with Gasteiger partial charge in [0.1, 0.15) is 29.4 Å². The highest BCUT2D eigenvalue weighted by Gasteiger charge is 2.49. The second-order valence-corrected chi connectivity index (χ2v) is 5.30. The van der Waals surface area contributed by atoms with E-state index in [0.717, 1.165) is 29.9 Å². The topological polar surface area (TPSA) is 49.4 Å². The van der Waals surface area contributed by atoms with Crippen LogP contribution in [-0.2, 0) is 9.59 Å². The lowest BCUT2D eigenvalue weighted by Crippen LogP contribution is -2.66. The van der Waals surface area contributed by atoms with E-state index in [9.17, 15) is 18.4 Å². The number of para-hydroxylation sites is 1. The number of rotatable bonds is 1. The molecule has 2 fully saturated rings. The van der Waals surface area contributed by atoms with E-state index in [4.69, 9.17) is 0 Å². The number of hydrogen-bond acceptors (Lipinski definition) is 2. The maximum absolute atomic E-state index is 13.8. The summed E-state index contributed by atoms with van der Waals surface area (Å²) in [6.45, 7) is -0.349. The molecule has 20 heavy (non-hydrogen) atoms. The molecular formula is C14H14F2N2O2. The molecule has 2 aliphatic rings. The summed E-state index contributed by atoms with van der Waals surface area (Å²) in [4.78, 5) is 25.3. The van der Waals surface area contributed by atoms with E-state index in [1.54, 1.807) is 0 Å². The lowest BCUT2D eigenvalue weighted by atomic mass is 9.92. The van der Waals surface area contributed by atoms with Crippen LogP contribution in [-0.4, -0.2) is 23.9 Å². The minimum atomic E-state index is -0.982. The zero-order chi connectivity index (χ0) is 14.3. The quantitative estimate of drug-likeness (QED) is 0.852. The van der Waals surface area contributed by atoms with Gasteiger partial charge in [0.15, 0.2) is 0 Å². The third kappa shape index (κ3) is 1.87. The molecule has 4 nitrogen and oxygen atoms in total. The van der Waals surface area contributed by atoms with Crippen molar-refractivity contribution in [3.05, 3.63) is 29.8 Å². The predicted molar refractivity (Wildman–Crippen MR) is 68.1 cm³/mol. The van der Waals surface area contributed by atoms with Gasteiger partial charge in [0.05, 0.1) is 0 Å². The maximum Gasteiger partial charge on any atom is 0.253 e. The molecule has 3 rings (SSSR count). The van der Waals surface area contributed by atoms with Crippen LogP contribution in [0.5, 0.6) is 0 Å². The first-order valence-electron chi connectivity index (χ1n) is 6.60. The highest BCUT2D eigenvalue weighted by Crippen LogP contribution is 2.36. The van der Waals surface area contributed by atoms with Gasteiger partial charge >= 0.3 is 0 Å². The highest BCUT2D eigenvalue weighted by molar-refractivity contribution is 6.09. The van der Waals surface area contributed by atoms with E-state index in [1.165, 1.54) is 6.07 Å². The van der Waals surface area contributed by atoms with Gasteiger partial charge in [-0.25, -0.2) is 8.78 Å². The van der Waals surface area contributed by atoms with Crippen LogP contribution in [0.25, 0.3) is 0 Å². The Balaban J connectivity index is 2.04. The van der Waals surface area contributed by atoms with Crippen LogP contribution >= 0.6 is 0 Å². The molecule has 6 heteroatoms. The minimum Gasteiger partial charge on any atom is -0.340 e. The molecule has 1 aromatic rings. The normalized spacial score (nSPS) is 21.4. The number of halogens is 2. The lowest BCUT2D eigenvalue weighted by Gasteiger charge is -2.39. The zero-order valence-electron chi connectivity index (χ0n) is 10.8. The van der Waals surface area contributed by atoms with Gasteiger partial charge < -0.3 is 5.32 Å². The third-order valence-corrected chi connectivity index (χ3v) is 4.00. The van der Waals surface area contributed by atoms with Gasteiger partial charge in [-0.05, 0) is 25.0 Å². The van der Waals surface area contributed by atoms with Crippen LogP contribution in [0.3, 0.4) is 0 Å². The molecular weight excluding hydrogens is 266 g/mol. The lowest BCUT2D eigenvalue weighted by molar-refractivity contribution is -0.135. The van der Waals surface area contributed by atoms with Crippen molar-refractivity contribution in [3.63, 3.8) is 0 Å². The first-order valence-corrected chi connectivity index (χ1v) is 6.60. The number of benzene rings is 1. The number of nitrogens with zero attached hydrogens (tertiary/aromatic N) is 1. The van der Waals surface area contributed by atoms with Crippen molar-refractivity contribution in [1.29, 1.82) is 0 Å². The van der Waals surface area contributed by atoms with Crippen LogP contribution in [0.2, 0.25) is 0 Å². The molecule has 1 aliphatic heterocycles. The van der Waals surface area contributed by atoms with Crippen molar-refractivity contribution >= 4 is 17.5 Å². The number of amides is 2. The molecule has 1 aromatic carbocycles. The molecule has 106 valence electrons. The van der Waals surface area contributed by atoms with Crippen LogP contribution in [0.4, 0.5) is 14.5 Å². The van der Waals surface area contributed by atoms with Gasteiger partial charge in [-0.3, -0.25) is 14.5 Å². The number of carbonyl (C=O) groups is 2. The zero-order valence-corrected chi connectivity index (χ0v) is 10.8. The molecule has 0 aromatic heterocycles. The monoisotopic (exact) mass is 280 g/mol. The van der Waals surface area contributed by atoms with E-state index in [1.807, 2.05) is 0 Å². The fourth-order valence-electron chi connectivity index (χ4n) is 3.08. The number of hydrogen-bond donors (Lipinski definition) is 1. The molecule has 1 N–H and O–H groups in total. The van der Waals surface area contributed by atoms with Gasteiger partial charge in [-0.2, -0.15) is 0 Å². The van der Waals surface area contributed by atoms with Crippen LogP contribution in [0, 0.1) is 11.6 Å². The van der Waals surface area contributed by atoms with Gasteiger partial charge in [0, 0.05) is 0 Å². The largest absolute Gasteiger partial charge is 0.340 e. The molecule has 2 amide bonds. The Morgan fingerprint density at radius 1 is 1.10 bits per heavy atom. The summed E-state index contributed by atoms with van der Waals surface area (Å²) < 4.78 is 27.7. The Labute approximate surface area is 114 Å². The van der Waals surface area contributed by atoms with Crippen LogP contribution < -0.4 is 10.2 Å². The van der Waals surface area contributed by atoms with Crippen molar-refractivity contribution in [2.75, 3.05) is 11.4 Å². The third-order valence-electron chi connectivity index (χ3n) is 4.00. The van der Waals surface area contributed by atoms with Crippen molar-refractivity contribution in [1.82, 2.24) is 5.32 Å². The van der Waals surface area contributed by atoms with Crippen LogP contribution in [0.1, 0.15) is 25.7 Å². The van der Waals surface area contributed by atoms with Crippen molar-refractivity contribution in [3.8, 4) is 0 Å². The van der Waals surface area contributed by atoms with Gasteiger partial charge in [0.25, 0.3) is 5.91 Å². The molecule has 0 atom stereocenters. The Kier molecular flexibility index (Phi) is 2.96. The molecule has 0 bridgehead atoms. The minimum absolute atomic E-state index is 0.349. The molecule has 1 aliphatic carbocycles. The predicted octanol–water partition coefficient (Wildman–Crippen LogP) is 1.74. The second kappa shape index (κ2) is 4.54. The molecule has 0 unspecified atom stereocenters. The van der Waals surface area contributed by atoms with E-state index >= 15 is 0 Å². The molecule has 1 spiro atoms. The van der Waals surface area contributed by atoms with E-state index in [-0.39, 0.29) is 12.5 Å². The maximum atomic E-state index is 13.8. The van der Waals surface area contributed by atoms with Crippen molar-refractivity contribution in [2.45, 2.75) is 31.2 Å². The SMILES string of the molecule is O=C1CN(c2c(F)cccc2F)C(=O)C2(CCCC2)N1. The summed E-state index contributed by atoms with van der Waals surface area (Å²) >= 11 is 0. The molecule has 0 radical (unpaired) electrons. The fourth-order valence-corrected chi connectivity index (χ4v) is 3.08. The van der Waals surface area contributed by atoms with Gasteiger partial charge in [0.2, 0.25) is 5.91 Å². The highest BCUT2D eigenvalue weighted by atomic mass is 19.1. The number of nitrogens with one attached hydrogen (secondary N) is 1. The second-order valence-electron chi connectivity index (χ2n) is 5.30. The first kappa shape index (κ1) is 13.0. The number of piperazine rings is 1.